The first kappa shape index (κ1) is 13.9. The van der Waals surface area contributed by atoms with Crippen LogP contribution in [0.2, 0.25) is 5.02 Å². The summed E-state index contributed by atoms with van der Waals surface area (Å²) in [5, 5.41) is 12.9. The molecule has 0 aromatic heterocycles. The molecule has 0 saturated heterocycles. The van der Waals surface area contributed by atoms with Crippen LogP contribution in [0.5, 0.6) is 0 Å². The number of nitrogens with one attached hydrogen (secondary N) is 1. The minimum atomic E-state index is 0.229. The van der Waals surface area contributed by atoms with Gasteiger partial charge in [-0.1, -0.05) is 30.2 Å². The predicted octanol–water partition coefficient (Wildman–Crippen LogP) is 3.20. The summed E-state index contributed by atoms with van der Waals surface area (Å²) in [5.41, 5.74) is 1.42. The summed E-state index contributed by atoms with van der Waals surface area (Å²) >= 11 is 5.93. The number of halogens is 1. The molecule has 100 valence electrons. The maximum Gasteiger partial charge on any atom is 0.0555 e. The maximum atomic E-state index is 8.78. The number of benzene rings is 1. The molecule has 1 aliphatic carbocycles. The SMILES string of the molecule is OCCNCC1CCCC(c2ccc(Cl)cc2)C1. The van der Waals surface area contributed by atoms with E-state index in [2.05, 4.69) is 17.4 Å². The van der Waals surface area contributed by atoms with E-state index in [1.165, 1.54) is 31.2 Å². The van der Waals surface area contributed by atoms with Crippen molar-refractivity contribution in [3.8, 4) is 0 Å². The van der Waals surface area contributed by atoms with Crippen LogP contribution in [-0.2, 0) is 0 Å². The average molecular weight is 268 g/mol. The lowest BCUT2D eigenvalue weighted by Crippen LogP contribution is -2.28. The Morgan fingerprint density at radius 1 is 1.22 bits per heavy atom. The van der Waals surface area contributed by atoms with Gasteiger partial charge in [-0.05, 0) is 55.3 Å². The van der Waals surface area contributed by atoms with Crippen LogP contribution >= 0.6 is 11.6 Å². The van der Waals surface area contributed by atoms with Gasteiger partial charge in [-0.25, -0.2) is 0 Å². The van der Waals surface area contributed by atoms with Crippen molar-refractivity contribution in [1.29, 1.82) is 0 Å². The molecular formula is C15H22ClNO. The Morgan fingerprint density at radius 3 is 2.72 bits per heavy atom. The second-order valence-electron chi connectivity index (χ2n) is 5.21. The topological polar surface area (TPSA) is 32.3 Å². The van der Waals surface area contributed by atoms with E-state index in [1.807, 2.05) is 12.1 Å². The van der Waals surface area contributed by atoms with E-state index in [4.69, 9.17) is 16.7 Å². The molecule has 1 fully saturated rings. The molecule has 0 heterocycles. The Balaban J connectivity index is 1.88. The Morgan fingerprint density at radius 2 is 2.00 bits per heavy atom. The highest BCUT2D eigenvalue weighted by Gasteiger charge is 2.22. The van der Waals surface area contributed by atoms with Crippen molar-refractivity contribution < 1.29 is 5.11 Å². The largest absolute Gasteiger partial charge is 0.395 e. The van der Waals surface area contributed by atoms with Gasteiger partial charge in [0.1, 0.15) is 0 Å². The summed E-state index contributed by atoms with van der Waals surface area (Å²) in [6.45, 7) is 1.97. The second kappa shape index (κ2) is 7.13. The Labute approximate surface area is 114 Å². The van der Waals surface area contributed by atoms with Crippen LogP contribution in [0.25, 0.3) is 0 Å². The van der Waals surface area contributed by atoms with Gasteiger partial charge in [0, 0.05) is 11.6 Å². The van der Waals surface area contributed by atoms with Gasteiger partial charge in [-0.3, -0.25) is 0 Å². The van der Waals surface area contributed by atoms with E-state index < -0.39 is 0 Å². The molecule has 2 rings (SSSR count). The monoisotopic (exact) mass is 267 g/mol. The summed E-state index contributed by atoms with van der Waals surface area (Å²) in [6.07, 6.45) is 5.15. The highest BCUT2D eigenvalue weighted by atomic mass is 35.5. The second-order valence-corrected chi connectivity index (χ2v) is 5.65. The van der Waals surface area contributed by atoms with E-state index in [0.717, 1.165) is 17.5 Å². The molecule has 1 saturated carbocycles. The molecule has 1 aromatic carbocycles. The van der Waals surface area contributed by atoms with Crippen LogP contribution in [-0.4, -0.2) is 24.8 Å². The van der Waals surface area contributed by atoms with Gasteiger partial charge in [0.05, 0.1) is 6.61 Å². The first-order chi connectivity index (χ1) is 8.79. The highest BCUT2D eigenvalue weighted by molar-refractivity contribution is 6.30. The molecule has 0 aliphatic heterocycles. The maximum absolute atomic E-state index is 8.78. The molecule has 2 unspecified atom stereocenters. The lowest BCUT2D eigenvalue weighted by atomic mass is 9.78. The normalized spacial score (nSPS) is 24.1. The van der Waals surface area contributed by atoms with Crippen LogP contribution in [0.4, 0.5) is 0 Å². The standard InChI is InChI=1S/C15H22ClNO/c16-15-6-4-13(5-7-15)14-3-1-2-12(10-14)11-17-8-9-18/h4-7,12,14,17-18H,1-3,8-11H2. The molecule has 2 atom stereocenters. The van der Waals surface area contributed by atoms with Crippen LogP contribution < -0.4 is 5.32 Å². The molecule has 0 spiro atoms. The van der Waals surface area contributed by atoms with Crippen molar-refractivity contribution in [3.63, 3.8) is 0 Å². The number of aliphatic hydroxyl groups excluding tert-OH is 1. The van der Waals surface area contributed by atoms with Gasteiger partial charge in [0.25, 0.3) is 0 Å². The minimum Gasteiger partial charge on any atom is -0.395 e. The number of hydrogen-bond donors (Lipinski definition) is 2. The van der Waals surface area contributed by atoms with E-state index >= 15 is 0 Å². The number of aliphatic hydroxyl groups is 1. The summed E-state index contributed by atoms with van der Waals surface area (Å²) in [6, 6.07) is 8.31. The Kier molecular flexibility index (Phi) is 5.48. The van der Waals surface area contributed by atoms with Gasteiger partial charge in [-0.2, -0.15) is 0 Å². The zero-order valence-corrected chi connectivity index (χ0v) is 11.5. The van der Waals surface area contributed by atoms with Crippen molar-refractivity contribution in [3.05, 3.63) is 34.9 Å². The zero-order chi connectivity index (χ0) is 12.8. The Hall–Kier alpha value is -0.570. The van der Waals surface area contributed by atoms with E-state index in [9.17, 15) is 0 Å². The third-order valence-corrected chi connectivity index (χ3v) is 4.10. The van der Waals surface area contributed by atoms with Crippen LogP contribution in [0.15, 0.2) is 24.3 Å². The van der Waals surface area contributed by atoms with Crippen molar-refractivity contribution >= 4 is 11.6 Å². The van der Waals surface area contributed by atoms with Crippen LogP contribution in [0, 0.1) is 5.92 Å². The predicted molar refractivity (Wildman–Crippen MR) is 76.1 cm³/mol. The van der Waals surface area contributed by atoms with E-state index in [0.29, 0.717) is 12.5 Å². The van der Waals surface area contributed by atoms with Crippen molar-refractivity contribution in [2.24, 2.45) is 5.92 Å². The number of rotatable bonds is 5. The molecule has 18 heavy (non-hydrogen) atoms. The summed E-state index contributed by atoms with van der Waals surface area (Å²) in [5.74, 6) is 1.42. The van der Waals surface area contributed by atoms with Gasteiger partial charge < -0.3 is 10.4 Å². The van der Waals surface area contributed by atoms with Crippen molar-refractivity contribution in [1.82, 2.24) is 5.32 Å². The Bertz CT molecular complexity index is 352. The molecule has 3 heteroatoms. The third-order valence-electron chi connectivity index (χ3n) is 3.85. The fraction of sp³-hybridized carbons (Fsp3) is 0.600. The van der Waals surface area contributed by atoms with E-state index in [1.54, 1.807) is 0 Å². The molecule has 0 amide bonds. The lowest BCUT2D eigenvalue weighted by Gasteiger charge is -2.29. The van der Waals surface area contributed by atoms with Gasteiger partial charge in [0.2, 0.25) is 0 Å². The molecule has 1 aromatic rings. The molecule has 2 N–H and O–H groups in total. The van der Waals surface area contributed by atoms with Crippen LogP contribution in [0.3, 0.4) is 0 Å². The number of hydrogen-bond acceptors (Lipinski definition) is 2. The third kappa shape index (κ3) is 3.98. The van der Waals surface area contributed by atoms with E-state index in [-0.39, 0.29) is 6.61 Å². The van der Waals surface area contributed by atoms with Crippen molar-refractivity contribution in [2.75, 3.05) is 19.7 Å². The molecular weight excluding hydrogens is 246 g/mol. The quantitative estimate of drug-likeness (QED) is 0.803. The molecule has 0 bridgehead atoms. The van der Waals surface area contributed by atoms with Crippen LogP contribution in [0.1, 0.15) is 37.2 Å². The fourth-order valence-corrected chi connectivity index (χ4v) is 3.03. The van der Waals surface area contributed by atoms with Gasteiger partial charge in [-0.15, -0.1) is 0 Å². The fourth-order valence-electron chi connectivity index (χ4n) is 2.90. The van der Waals surface area contributed by atoms with Gasteiger partial charge >= 0.3 is 0 Å². The average Bonchev–Trinajstić information content (AvgIpc) is 2.40. The summed E-state index contributed by atoms with van der Waals surface area (Å²) in [4.78, 5) is 0. The minimum absolute atomic E-state index is 0.229. The first-order valence-electron chi connectivity index (χ1n) is 6.86. The molecule has 1 aliphatic rings. The zero-order valence-electron chi connectivity index (χ0n) is 10.7. The van der Waals surface area contributed by atoms with Gasteiger partial charge in [0.15, 0.2) is 0 Å². The lowest BCUT2D eigenvalue weighted by molar-refractivity contribution is 0.271. The smallest absolute Gasteiger partial charge is 0.0555 e. The summed E-state index contributed by atoms with van der Waals surface area (Å²) < 4.78 is 0. The summed E-state index contributed by atoms with van der Waals surface area (Å²) in [7, 11) is 0. The van der Waals surface area contributed by atoms with Crippen molar-refractivity contribution in [2.45, 2.75) is 31.6 Å². The highest BCUT2D eigenvalue weighted by Crippen LogP contribution is 2.36. The molecule has 0 radical (unpaired) electrons. The first-order valence-corrected chi connectivity index (χ1v) is 7.24. The molecule has 2 nitrogen and oxygen atoms in total.